The lowest BCUT2D eigenvalue weighted by atomic mass is 10.0. The summed E-state index contributed by atoms with van der Waals surface area (Å²) in [5.41, 5.74) is 0. The number of allylic oxidation sites excluding steroid dienone is 2. The molecule has 0 aliphatic heterocycles. The van der Waals surface area contributed by atoms with Crippen molar-refractivity contribution in [2.45, 2.75) is 135 Å². The van der Waals surface area contributed by atoms with Crippen LogP contribution in [0.2, 0.25) is 0 Å². The van der Waals surface area contributed by atoms with Gasteiger partial charge < -0.3 is 5.11 Å². The molecule has 1 radical (unpaired) electrons. The molecule has 2 nitrogen and oxygen atoms in total. The summed E-state index contributed by atoms with van der Waals surface area (Å²) < 4.78 is 0. The average Bonchev–Trinajstić information content (AvgIpc) is 2.66. The Labute approximate surface area is 163 Å². The smallest absolute Gasteiger partial charge is 0.229 e. The maximum absolute atomic E-state index is 10.2. The minimum absolute atomic E-state index is 0.580. The Morgan fingerprint density at radius 3 is 1.46 bits per heavy atom. The Hall–Kier alpha value is -0.630. The standard InChI is InChI=1S/C24H45O2/c1-2-3-4-5-6-7-8-9-10-11-12-13-14-15-16-17-18-19-20-21-22-24(26)23-25/h9-10,24,26H,2-8,11-22H2,1H3/b10-9+. The Morgan fingerprint density at radius 1 is 0.654 bits per heavy atom. The van der Waals surface area contributed by atoms with Gasteiger partial charge in [-0.2, -0.15) is 0 Å². The van der Waals surface area contributed by atoms with E-state index >= 15 is 0 Å². The van der Waals surface area contributed by atoms with E-state index < -0.39 is 6.10 Å². The minimum Gasteiger partial charge on any atom is -0.385 e. The molecule has 0 heterocycles. The predicted octanol–water partition coefficient (Wildman–Crippen LogP) is 7.45. The summed E-state index contributed by atoms with van der Waals surface area (Å²) in [5.74, 6) is 0. The summed E-state index contributed by atoms with van der Waals surface area (Å²) in [5, 5.41) is 9.08. The van der Waals surface area contributed by atoms with Crippen LogP contribution in [0.5, 0.6) is 0 Å². The van der Waals surface area contributed by atoms with Crippen molar-refractivity contribution in [2.75, 3.05) is 0 Å². The summed E-state index contributed by atoms with van der Waals surface area (Å²) in [6.07, 6.45) is 29.8. The highest BCUT2D eigenvalue weighted by molar-refractivity contribution is 5.56. The molecule has 0 aliphatic rings. The van der Waals surface area contributed by atoms with Gasteiger partial charge >= 0.3 is 0 Å². The molecule has 0 bridgehead atoms. The molecule has 0 spiro atoms. The number of unbranched alkanes of at least 4 members (excludes halogenated alkanes) is 16. The normalized spacial score (nSPS) is 12.7. The molecule has 1 unspecified atom stereocenters. The molecule has 0 amide bonds. The van der Waals surface area contributed by atoms with E-state index in [4.69, 9.17) is 5.11 Å². The molecule has 0 aromatic heterocycles. The van der Waals surface area contributed by atoms with Gasteiger partial charge in [-0.1, -0.05) is 109 Å². The van der Waals surface area contributed by atoms with Crippen LogP contribution < -0.4 is 0 Å². The second-order valence-electron chi connectivity index (χ2n) is 7.77. The lowest BCUT2D eigenvalue weighted by Crippen LogP contribution is -2.06. The molecule has 0 saturated carbocycles. The molecular formula is C24H45O2. The van der Waals surface area contributed by atoms with Gasteiger partial charge in [-0.05, 0) is 32.1 Å². The first-order chi connectivity index (χ1) is 12.8. The van der Waals surface area contributed by atoms with Gasteiger partial charge in [-0.3, -0.25) is 4.79 Å². The van der Waals surface area contributed by atoms with Gasteiger partial charge in [-0.25, -0.2) is 0 Å². The van der Waals surface area contributed by atoms with Crippen molar-refractivity contribution in [2.24, 2.45) is 0 Å². The molecule has 1 atom stereocenters. The van der Waals surface area contributed by atoms with Crippen LogP contribution >= 0.6 is 0 Å². The maximum Gasteiger partial charge on any atom is 0.229 e. The lowest BCUT2D eigenvalue weighted by Gasteiger charge is -2.03. The second kappa shape index (κ2) is 22.4. The van der Waals surface area contributed by atoms with Crippen LogP contribution in [-0.2, 0) is 4.79 Å². The highest BCUT2D eigenvalue weighted by Gasteiger charge is 2.01. The molecule has 153 valence electrons. The first-order valence-corrected chi connectivity index (χ1v) is 11.5. The van der Waals surface area contributed by atoms with Crippen LogP contribution in [0.1, 0.15) is 129 Å². The van der Waals surface area contributed by atoms with E-state index in [0.717, 1.165) is 12.8 Å². The molecular weight excluding hydrogens is 320 g/mol. The summed E-state index contributed by atoms with van der Waals surface area (Å²) in [6, 6.07) is 0. The maximum atomic E-state index is 10.2. The third kappa shape index (κ3) is 21.4. The van der Waals surface area contributed by atoms with Crippen LogP contribution in [0.3, 0.4) is 0 Å². The third-order valence-electron chi connectivity index (χ3n) is 5.13. The molecule has 0 saturated heterocycles. The summed E-state index contributed by atoms with van der Waals surface area (Å²) in [7, 11) is 0. The summed E-state index contributed by atoms with van der Waals surface area (Å²) >= 11 is 0. The van der Waals surface area contributed by atoms with Crippen LogP contribution in [0.15, 0.2) is 12.2 Å². The molecule has 1 N–H and O–H groups in total. The van der Waals surface area contributed by atoms with Gasteiger partial charge in [0.25, 0.3) is 0 Å². The minimum atomic E-state index is -0.861. The fourth-order valence-corrected chi connectivity index (χ4v) is 3.35. The van der Waals surface area contributed by atoms with Gasteiger partial charge in [0, 0.05) is 0 Å². The Balaban J connectivity index is 3.08. The topological polar surface area (TPSA) is 37.3 Å². The van der Waals surface area contributed by atoms with Crippen molar-refractivity contribution in [3.05, 3.63) is 12.2 Å². The number of hydrogen-bond donors (Lipinski definition) is 1. The van der Waals surface area contributed by atoms with E-state index in [-0.39, 0.29) is 0 Å². The molecule has 26 heavy (non-hydrogen) atoms. The molecule has 0 aromatic rings. The van der Waals surface area contributed by atoms with Gasteiger partial charge in [0.05, 0.1) is 0 Å². The predicted molar refractivity (Wildman–Crippen MR) is 114 cm³/mol. The van der Waals surface area contributed by atoms with Crippen molar-refractivity contribution in [1.82, 2.24) is 0 Å². The monoisotopic (exact) mass is 365 g/mol. The SMILES string of the molecule is CCCCCCCC/C=C/CCCCCCCCCCCCC(O)[C]=O. The zero-order valence-corrected chi connectivity index (χ0v) is 17.5. The fraction of sp³-hybridized carbons (Fsp3) is 0.875. The number of aliphatic hydroxyl groups is 1. The fourth-order valence-electron chi connectivity index (χ4n) is 3.35. The van der Waals surface area contributed by atoms with Crippen LogP contribution in [0.4, 0.5) is 0 Å². The number of aliphatic hydroxyl groups excluding tert-OH is 1. The average molecular weight is 366 g/mol. The third-order valence-corrected chi connectivity index (χ3v) is 5.13. The summed E-state index contributed by atoms with van der Waals surface area (Å²) in [4.78, 5) is 10.2. The van der Waals surface area contributed by atoms with Crippen molar-refractivity contribution in [1.29, 1.82) is 0 Å². The second-order valence-corrected chi connectivity index (χ2v) is 7.77. The van der Waals surface area contributed by atoms with E-state index in [1.165, 1.54) is 103 Å². The molecule has 2 heteroatoms. The van der Waals surface area contributed by atoms with E-state index in [9.17, 15) is 4.79 Å². The van der Waals surface area contributed by atoms with Gasteiger partial charge in [0.15, 0.2) is 0 Å². The van der Waals surface area contributed by atoms with Crippen molar-refractivity contribution < 1.29 is 9.90 Å². The number of hydrogen-bond acceptors (Lipinski definition) is 2. The number of carbonyl (C=O) groups excluding carboxylic acids is 1. The van der Waals surface area contributed by atoms with Gasteiger partial charge in [-0.15, -0.1) is 0 Å². The molecule has 0 aliphatic carbocycles. The first kappa shape index (κ1) is 25.4. The zero-order chi connectivity index (χ0) is 19.1. The zero-order valence-electron chi connectivity index (χ0n) is 17.5. The van der Waals surface area contributed by atoms with Crippen molar-refractivity contribution in [3.8, 4) is 0 Å². The first-order valence-electron chi connectivity index (χ1n) is 11.5. The van der Waals surface area contributed by atoms with Gasteiger partial charge in [0.2, 0.25) is 6.29 Å². The Kier molecular flexibility index (Phi) is 21.9. The molecule has 0 fully saturated rings. The van der Waals surface area contributed by atoms with Crippen molar-refractivity contribution in [3.63, 3.8) is 0 Å². The van der Waals surface area contributed by atoms with E-state index in [0.29, 0.717) is 6.42 Å². The van der Waals surface area contributed by atoms with E-state index in [2.05, 4.69) is 19.1 Å². The van der Waals surface area contributed by atoms with Crippen LogP contribution in [-0.4, -0.2) is 17.5 Å². The van der Waals surface area contributed by atoms with E-state index in [1.807, 2.05) is 0 Å². The molecule has 0 rings (SSSR count). The highest BCUT2D eigenvalue weighted by atomic mass is 16.3. The van der Waals surface area contributed by atoms with Gasteiger partial charge in [0.1, 0.15) is 6.10 Å². The Morgan fingerprint density at radius 2 is 1.04 bits per heavy atom. The Bertz CT molecular complexity index is 299. The van der Waals surface area contributed by atoms with Crippen LogP contribution in [0, 0.1) is 0 Å². The lowest BCUT2D eigenvalue weighted by molar-refractivity contribution is 0.219. The van der Waals surface area contributed by atoms with E-state index in [1.54, 1.807) is 6.29 Å². The van der Waals surface area contributed by atoms with Crippen molar-refractivity contribution >= 4 is 6.29 Å². The number of rotatable bonds is 21. The largest absolute Gasteiger partial charge is 0.385 e. The molecule has 0 aromatic carbocycles. The highest BCUT2D eigenvalue weighted by Crippen LogP contribution is 2.13. The summed E-state index contributed by atoms with van der Waals surface area (Å²) in [6.45, 7) is 2.27. The quantitative estimate of drug-likeness (QED) is 0.169. The van der Waals surface area contributed by atoms with Crippen LogP contribution in [0.25, 0.3) is 0 Å².